The first-order valence-electron chi connectivity index (χ1n) is 3.41. The predicted molar refractivity (Wildman–Crippen MR) is 39.0 cm³/mol. The minimum absolute atomic E-state index is 0.606. The number of hydrogen-bond donors (Lipinski definition) is 0. The van der Waals surface area contributed by atoms with Crippen LogP contribution >= 0.6 is 0 Å². The summed E-state index contributed by atoms with van der Waals surface area (Å²) < 4.78 is 0. The van der Waals surface area contributed by atoms with Gasteiger partial charge in [0.1, 0.15) is 0 Å². The Hall–Kier alpha value is -0.780. The van der Waals surface area contributed by atoms with Crippen molar-refractivity contribution in [2.75, 3.05) is 0 Å². The summed E-state index contributed by atoms with van der Waals surface area (Å²) in [6.45, 7) is 2.20. The molecule has 0 saturated carbocycles. The Morgan fingerprint density at radius 2 is 1.78 bits per heavy atom. The van der Waals surface area contributed by atoms with Gasteiger partial charge >= 0.3 is 0 Å². The molecule has 3 rings (SSSR count). The molecule has 0 nitrogen and oxygen atoms in total. The van der Waals surface area contributed by atoms with Crippen LogP contribution in [0.25, 0.3) is 0 Å². The number of rotatable bonds is 0. The highest BCUT2D eigenvalue weighted by Gasteiger charge is 2.15. The Kier molecular flexibility index (Phi) is 0.895. The van der Waals surface area contributed by atoms with Crippen LogP contribution < -0.4 is 0 Å². The van der Waals surface area contributed by atoms with Gasteiger partial charge in [-0.2, -0.15) is 0 Å². The minimum Gasteiger partial charge on any atom is -0.0769 e. The molecular formula is C9H10. The van der Waals surface area contributed by atoms with Gasteiger partial charge in [-0.05, 0) is 6.92 Å². The van der Waals surface area contributed by atoms with Crippen molar-refractivity contribution < 1.29 is 0 Å². The van der Waals surface area contributed by atoms with Gasteiger partial charge in [0.15, 0.2) is 0 Å². The zero-order valence-corrected chi connectivity index (χ0v) is 5.54. The molecule has 0 heteroatoms. The molecule has 0 atom stereocenters. The molecule has 0 radical (unpaired) electrons. The summed E-state index contributed by atoms with van der Waals surface area (Å²) >= 11 is 0. The van der Waals surface area contributed by atoms with Gasteiger partial charge in [-0.3, -0.25) is 0 Å². The molecule has 0 heterocycles. The SMILES string of the molecule is CC1=CC2C=CC1C=C2. The van der Waals surface area contributed by atoms with Crippen molar-refractivity contribution in [3.63, 3.8) is 0 Å². The van der Waals surface area contributed by atoms with Gasteiger partial charge in [-0.1, -0.05) is 36.0 Å². The largest absolute Gasteiger partial charge is 0.0769 e. The summed E-state index contributed by atoms with van der Waals surface area (Å²) in [5.74, 6) is 1.23. The molecule has 2 bridgehead atoms. The Balaban J connectivity index is 2.39. The maximum absolute atomic E-state index is 2.32. The molecule has 0 unspecified atom stereocenters. The molecule has 0 aromatic rings. The second-order valence-electron chi connectivity index (χ2n) is 2.78. The van der Waals surface area contributed by atoms with Crippen LogP contribution in [-0.4, -0.2) is 0 Å². The van der Waals surface area contributed by atoms with E-state index in [2.05, 4.69) is 37.3 Å². The van der Waals surface area contributed by atoms with E-state index in [0.717, 1.165) is 0 Å². The first-order valence-corrected chi connectivity index (χ1v) is 3.41. The van der Waals surface area contributed by atoms with E-state index in [1.54, 1.807) is 0 Å². The molecule has 0 aromatic carbocycles. The monoisotopic (exact) mass is 118 g/mol. The highest BCUT2D eigenvalue weighted by atomic mass is 14.2. The molecule has 0 fully saturated rings. The van der Waals surface area contributed by atoms with E-state index < -0.39 is 0 Å². The maximum atomic E-state index is 2.32. The maximum Gasteiger partial charge on any atom is 0.0155 e. The van der Waals surface area contributed by atoms with Crippen molar-refractivity contribution >= 4 is 0 Å². The predicted octanol–water partition coefficient (Wildman–Crippen LogP) is 2.30. The topological polar surface area (TPSA) is 0 Å². The van der Waals surface area contributed by atoms with Crippen LogP contribution in [0.15, 0.2) is 36.0 Å². The first-order chi connectivity index (χ1) is 4.36. The van der Waals surface area contributed by atoms with E-state index in [1.165, 1.54) is 5.57 Å². The lowest BCUT2D eigenvalue weighted by molar-refractivity contribution is 0.821. The number of hydrogen-bond acceptors (Lipinski definition) is 0. The molecule has 0 amide bonds. The van der Waals surface area contributed by atoms with Crippen molar-refractivity contribution in [1.82, 2.24) is 0 Å². The molecule has 0 saturated heterocycles. The van der Waals surface area contributed by atoms with Crippen LogP contribution in [0.5, 0.6) is 0 Å². The van der Waals surface area contributed by atoms with Crippen LogP contribution in [-0.2, 0) is 0 Å². The second-order valence-corrected chi connectivity index (χ2v) is 2.78. The van der Waals surface area contributed by atoms with Crippen molar-refractivity contribution in [3.8, 4) is 0 Å². The summed E-state index contributed by atoms with van der Waals surface area (Å²) in [6, 6.07) is 0. The Bertz CT molecular complexity index is 192. The van der Waals surface area contributed by atoms with Crippen LogP contribution in [0.1, 0.15) is 6.92 Å². The summed E-state index contributed by atoms with van der Waals surface area (Å²) in [4.78, 5) is 0. The zero-order valence-electron chi connectivity index (χ0n) is 5.54. The average molecular weight is 118 g/mol. The van der Waals surface area contributed by atoms with Crippen molar-refractivity contribution in [1.29, 1.82) is 0 Å². The van der Waals surface area contributed by atoms with Crippen LogP contribution in [0.2, 0.25) is 0 Å². The van der Waals surface area contributed by atoms with E-state index >= 15 is 0 Å². The molecule has 3 aliphatic carbocycles. The van der Waals surface area contributed by atoms with Gasteiger partial charge in [0.25, 0.3) is 0 Å². The standard InChI is InChI=1S/C9H10/c1-7-6-8-2-4-9(7)5-3-8/h2-6,8-9H,1H3. The highest BCUT2D eigenvalue weighted by molar-refractivity contribution is 5.33. The van der Waals surface area contributed by atoms with E-state index in [-0.39, 0.29) is 0 Å². The lowest BCUT2D eigenvalue weighted by Gasteiger charge is -2.22. The lowest BCUT2D eigenvalue weighted by atomic mass is 9.83. The molecular weight excluding hydrogens is 108 g/mol. The lowest BCUT2D eigenvalue weighted by Crippen LogP contribution is -2.08. The van der Waals surface area contributed by atoms with Gasteiger partial charge in [0, 0.05) is 11.8 Å². The quantitative estimate of drug-likeness (QED) is 0.428. The Labute approximate surface area is 55.6 Å². The zero-order chi connectivity index (χ0) is 6.27. The third-order valence-corrected chi connectivity index (χ3v) is 2.06. The van der Waals surface area contributed by atoms with Gasteiger partial charge < -0.3 is 0 Å². The molecule has 46 valence electrons. The fourth-order valence-corrected chi connectivity index (χ4v) is 1.45. The summed E-state index contributed by atoms with van der Waals surface area (Å²) in [7, 11) is 0. The molecule has 3 aliphatic rings. The summed E-state index contributed by atoms with van der Waals surface area (Å²) in [5.41, 5.74) is 1.50. The van der Waals surface area contributed by atoms with Crippen molar-refractivity contribution in [2.45, 2.75) is 6.92 Å². The van der Waals surface area contributed by atoms with E-state index in [9.17, 15) is 0 Å². The molecule has 0 aromatic heterocycles. The smallest absolute Gasteiger partial charge is 0.0155 e. The van der Waals surface area contributed by atoms with Crippen LogP contribution in [0.4, 0.5) is 0 Å². The van der Waals surface area contributed by atoms with Gasteiger partial charge in [-0.15, -0.1) is 0 Å². The van der Waals surface area contributed by atoms with E-state index in [1.807, 2.05) is 0 Å². The molecule has 0 spiro atoms. The van der Waals surface area contributed by atoms with Gasteiger partial charge in [0.2, 0.25) is 0 Å². The third kappa shape index (κ3) is 0.663. The fourth-order valence-electron chi connectivity index (χ4n) is 1.45. The molecule has 9 heavy (non-hydrogen) atoms. The third-order valence-electron chi connectivity index (χ3n) is 2.06. The van der Waals surface area contributed by atoms with E-state index in [0.29, 0.717) is 11.8 Å². The van der Waals surface area contributed by atoms with Gasteiger partial charge in [0.05, 0.1) is 0 Å². The highest BCUT2D eigenvalue weighted by Crippen LogP contribution is 2.28. The summed E-state index contributed by atoms with van der Waals surface area (Å²) in [5, 5.41) is 0. The fraction of sp³-hybridized carbons (Fsp3) is 0.333. The van der Waals surface area contributed by atoms with E-state index in [4.69, 9.17) is 0 Å². The first kappa shape index (κ1) is 5.04. The summed E-state index contributed by atoms with van der Waals surface area (Å²) in [6.07, 6.45) is 11.4. The Morgan fingerprint density at radius 1 is 1.11 bits per heavy atom. The van der Waals surface area contributed by atoms with Crippen molar-refractivity contribution in [3.05, 3.63) is 36.0 Å². The molecule has 0 N–H and O–H groups in total. The Morgan fingerprint density at radius 3 is 2.00 bits per heavy atom. The molecule has 0 aliphatic heterocycles. The minimum atomic E-state index is 0.606. The second kappa shape index (κ2) is 1.60. The normalized spacial score (nSPS) is 37.2. The van der Waals surface area contributed by atoms with Crippen molar-refractivity contribution in [2.24, 2.45) is 11.8 Å². The van der Waals surface area contributed by atoms with Gasteiger partial charge in [-0.25, -0.2) is 0 Å². The van der Waals surface area contributed by atoms with Crippen LogP contribution in [0.3, 0.4) is 0 Å². The van der Waals surface area contributed by atoms with Crippen LogP contribution in [0, 0.1) is 11.8 Å². The number of allylic oxidation sites excluding steroid dienone is 6. The average Bonchev–Trinajstić information content (AvgIpc) is 1.90.